The number of ether oxygens (including phenoxy) is 1. The van der Waals surface area contributed by atoms with Crippen molar-refractivity contribution in [2.45, 2.75) is 0 Å². The number of rotatable bonds is 2. The Labute approximate surface area is 132 Å². The van der Waals surface area contributed by atoms with Crippen molar-refractivity contribution in [3.05, 3.63) is 47.5 Å². The van der Waals surface area contributed by atoms with E-state index >= 15 is 0 Å². The van der Waals surface area contributed by atoms with E-state index in [2.05, 4.69) is 4.98 Å². The molecule has 0 aliphatic carbocycles. The number of nitrogens with zero attached hydrogens (tertiary/aromatic N) is 3. The summed E-state index contributed by atoms with van der Waals surface area (Å²) in [6.07, 6.45) is 0. The molecule has 1 N–H and O–H groups in total. The second-order valence-corrected chi connectivity index (χ2v) is 4.85. The van der Waals surface area contributed by atoms with Crippen LogP contribution in [0.3, 0.4) is 0 Å². The Balaban J connectivity index is 2.44. The summed E-state index contributed by atoms with van der Waals surface area (Å²) in [6.45, 7) is 0. The summed E-state index contributed by atoms with van der Waals surface area (Å²) in [5.74, 6) is 0.434. The fraction of sp³-hybridized carbons (Fsp3) is 0.0556. The molecule has 5 nitrogen and oxygen atoms in total. The van der Waals surface area contributed by atoms with Crippen molar-refractivity contribution in [1.82, 2.24) is 4.98 Å². The van der Waals surface area contributed by atoms with Gasteiger partial charge in [-0.05, 0) is 12.1 Å². The van der Waals surface area contributed by atoms with Crippen LogP contribution in [0.4, 0.5) is 0 Å². The molecule has 0 atom stereocenters. The Hall–Kier alpha value is -3.75. The van der Waals surface area contributed by atoms with Crippen LogP contribution in [0.1, 0.15) is 5.56 Å². The normalized spacial score (nSPS) is 9.83. The number of nitrogens with one attached hydrogen (secondary N) is 1. The Morgan fingerprint density at radius 1 is 0.957 bits per heavy atom. The van der Waals surface area contributed by atoms with Gasteiger partial charge in [-0.25, -0.2) is 0 Å². The number of hydrogen-bond acceptors (Lipinski definition) is 4. The van der Waals surface area contributed by atoms with Crippen LogP contribution in [-0.2, 0) is 0 Å². The summed E-state index contributed by atoms with van der Waals surface area (Å²) in [5, 5.41) is 29.4. The third-order valence-corrected chi connectivity index (χ3v) is 3.68. The van der Waals surface area contributed by atoms with E-state index in [4.69, 9.17) is 15.3 Å². The lowest BCUT2D eigenvalue weighted by Gasteiger charge is -2.08. The lowest BCUT2D eigenvalue weighted by molar-refractivity contribution is 0.414. The van der Waals surface area contributed by atoms with Gasteiger partial charge in [-0.1, -0.05) is 18.2 Å². The van der Waals surface area contributed by atoms with Crippen LogP contribution in [0.25, 0.3) is 27.4 Å². The van der Waals surface area contributed by atoms with Crippen LogP contribution >= 0.6 is 0 Å². The van der Waals surface area contributed by atoms with Crippen molar-refractivity contribution in [1.29, 1.82) is 15.8 Å². The minimum atomic E-state index is -0.231. The topological polar surface area (TPSA) is 96.4 Å². The number of aromatic amines is 1. The quantitative estimate of drug-likeness (QED) is 0.730. The monoisotopic (exact) mass is 298 g/mol. The molecule has 0 radical (unpaired) electrons. The number of methoxy groups -OCH3 is 1. The number of nitriles is 3. The van der Waals surface area contributed by atoms with Crippen molar-refractivity contribution < 1.29 is 4.74 Å². The Morgan fingerprint density at radius 3 is 2.35 bits per heavy atom. The van der Waals surface area contributed by atoms with Gasteiger partial charge in [0.2, 0.25) is 0 Å². The molecule has 2 aromatic carbocycles. The van der Waals surface area contributed by atoms with E-state index in [-0.39, 0.29) is 11.1 Å². The summed E-state index contributed by atoms with van der Waals surface area (Å²) >= 11 is 0. The van der Waals surface area contributed by atoms with Crippen LogP contribution in [0.5, 0.6) is 5.75 Å². The third kappa shape index (κ3) is 2.16. The first-order chi connectivity index (χ1) is 11.2. The molecular formula is C18H10N4O. The highest BCUT2D eigenvalue weighted by Crippen LogP contribution is 2.35. The SMILES string of the molecule is COc1cc2[nH]c3ccccc3c2cc1C(C#N)=C(C#N)C#N. The second kappa shape index (κ2) is 5.56. The molecule has 0 spiro atoms. The summed E-state index contributed by atoms with van der Waals surface area (Å²) in [6, 6.07) is 16.8. The average Bonchev–Trinajstić information content (AvgIpc) is 2.96. The first kappa shape index (κ1) is 14.2. The largest absolute Gasteiger partial charge is 0.496 e. The Kier molecular flexibility index (Phi) is 3.43. The Morgan fingerprint density at radius 2 is 1.70 bits per heavy atom. The van der Waals surface area contributed by atoms with Crippen molar-refractivity contribution in [2.75, 3.05) is 7.11 Å². The second-order valence-electron chi connectivity index (χ2n) is 4.85. The van der Waals surface area contributed by atoms with Gasteiger partial charge in [0.25, 0.3) is 0 Å². The summed E-state index contributed by atoms with van der Waals surface area (Å²) in [5.41, 5.74) is 2.04. The summed E-state index contributed by atoms with van der Waals surface area (Å²) in [4.78, 5) is 3.29. The maximum atomic E-state index is 9.39. The van der Waals surface area contributed by atoms with Crippen molar-refractivity contribution in [2.24, 2.45) is 0 Å². The van der Waals surface area contributed by atoms with Gasteiger partial charge in [0.05, 0.1) is 18.2 Å². The van der Waals surface area contributed by atoms with E-state index in [0.717, 1.165) is 21.8 Å². The fourth-order valence-corrected chi connectivity index (χ4v) is 2.63. The molecular weight excluding hydrogens is 288 g/mol. The standard InChI is InChI=1S/C18H10N4O/c1-23-18-7-17-13(12-4-2-3-5-16(12)22-17)6-14(18)15(10-21)11(8-19)9-20/h2-7,22H,1H3. The molecule has 0 unspecified atom stereocenters. The molecule has 0 fully saturated rings. The number of allylic oxidation sites excluding steroid dienone is 2. The molecule has 1 aromatic heterocycles. The number of fused-ring (bicyclic) bond motifs is 3. The highest BCUT2D eigenvalue weighted by molar-refractivity contribution is 6.09. The van der Waals surface area contributed by atoms with Gasteiger partial charge in [0, 0.05) is 27.9 Å². The van der Waals surface area contributed by atoms with Gasteiger partial charge in [-0.3, -0.25) is 0 Å². The molecule has 0 saturated carbocycles. The number of hydrogen-bond donors (Lipinski definition) is 1. The fourth-order valence-electron chi connectivity index (χ4n) is 2.63. The van der Waals surface area contributed by atoms with E-state index in [0.29, 0.717) is 11.3 Å². The van der Waals surface area contributed by atoms with Crippen molar-refractivity contribution >= 4 is 27.4 Å². The van der Waals surface area contributed by atoms with Gasteiger partial charge in [0.1, 0.15) is 29.5 Å². The smallest absolute Gasteiger partial charge is 0.148 e. The summed E-state index contributed by atoms with van der Waals surface area (Å²) in [7, 11) is 1.49. The molecule has 0 saturated heterocycles. The maximum Gasteiger partial charge on any atom is 0.148 e. The van der Waals surface area contributed by atoms with Gasteiger partial charge < -0.3 is 9.72 Å². The lowest BCUT2D eigenvalue weighted by Crippen LogP contribution is -1.93. The van der Waals surface area contributed by atoms with Gasteiger partial charge in [-0.15, -0.1) is 0 Å². The first-order valence-corrected chi connectivity index (χ1v) is 6.77. The van der Waals surface area contributed by atoms with Gasteiger partial charge >= 0.3 is 0 Å². The minimum absolute atomic E-state index is 0.0130. The van der Waals surface area contributed by atoms with Gasteiger partial charge in [-0.2, -0.15) is 15.8 Å². The molecule has 0 bridgehead atoms. The zero-order valence-electron chi connectivity index (χ0n) is 12.2. The van der Waals surface area contributed by atoms with Gasteiger partial charge in [0.15, 0.2) is 0 Å². The van der Waals surface area contributed by atoms with Crippen LogP contribution in [0.15, 0.2) is 42.0 Å². The molecule has 1 heterocycles. The molecule has 5 heteroatoms. The predicted octanol–water partition coefficient (Wildman–Crippen LogP) is 3.65. The molecule has 23 heavy (non-hydrogen) atoms. The van der Waals surface area contributed by atoms with E-state index in [1.165, 1.54) is 7.11 Å². The number of para-hydroxylation sites is 1. The highest BCUT2D eigenvalue weighted by atomic mass is 16.5. The first-order valence-electron chi connectivity index (χ1n) is 6.77. The van der Waals surface area contributed by atoms with Crippen molar-refractivity contribution in [3.8, 4) is 24.0 Å². The van der Waals surface area contributed by atoms with Crippen LogP contribution in [-0.4, -0.2) is 12.1 Å². The van der Waals surface area contributed by atoms with E-state index in [9.17, 15) is 5.26 Å². The van der Waals surface area contributed by atoms with Crippen LogP contribution in [0, 0.1) is 34.0 Å². The predicted molar refractivity (Wildman–Crippen MR) is 86.1 cm³/mol. The Bertz CT molecular complexity index is 1070. The third-order valence-electron chi connectivity index (χ3n) is 3.68. The number of aromatic nitrogens is 1. The highest BCUT2D eigenvalue weighted by Gasteiger charge is 2.17. The molecule has 0 aliphatic rings. The minimum Gasteiger partial charge on any atom is -0.496 e. The van der Waals surface area contributed by atoms with Crippen molar-refractivity contribution in [3.63, 3.8) is 0 Å². The van der Waals surface area contributed by atoms with E-state index in [1.807, 2.05) is 30.3 Å². The number of H-pyrrole nitrogens is 1. The van der Waals surface area contributed by atoms with E-state index < -0.39 is 0 Å². The molecule has 0 amide bonds. The molecule has 0 aliphatic heterocycles. The lowest BCUT2D eigenvalue weighted by atomic mass is 9.99. The van der Waals surface area contributed by atoms with Crippen LogP contribution < -0.4 is 4.74 Å². The zero-order chi connectivity index (χ0) is 16.4. The van der Waals surface area contributed by atoms with Crippen LogP contribution in [0.2, 0.25) is 0 Å². The summed E-state index contributed by atoms with van der Waals surface area (Å²) < 4.78 is 5.35. The average molecular weight is 298 g/mol. The molecule has 108 valence electrons. The number of benzene rings is 2. The maximum absolute atomic E-state index is 9.39. The van der Waals surface area contributed by atoms with E-state index in [1.54, 1.807) is 24.3 Å². The zero-order valence-corrected chi connectivity index (χ0v) is 12.2. The molecule has 3 rings (SSSR count). The molecule has 3 aromatic rings.